The van der Waals surface area contributed by atoms with Gasteiger partial charge in [0.25, 0.3) is 5.91 Å². The maximum atomic E-state index is 12.6. The third-order valence-electron chi connectivity index (χ3n) is 3.31. The molecular weight excluding hydrogens is 303 g/mol. The largest absolute Gasteiger partial charge is 0.417 e. The molecule has 118 valence electrons. The minimum atomic E-state index is -4.61. The molecule has 0 aromatic carbocycles. The molecule has 1 aliphatic heterocycles. The Hall–Kier alpha value is -2.45. The first-order chi connectivity index (χ1) is 10.2. The van der Waals surface area contributed by atoms with Crippen LogP contribution in [-0.4, -0.2) is 40.7 Å². The number of carbonyl (C=O) groups is 3. The van der Waals surface area contributed by atoms with Crippen LogP contribution in [0.3, 0.4) is 0 Å². The van der Waals surface area contributed by atoms with Gasteiger partial charge in [0, 0.05) is 25.9 Å². The van der Waals surface area contributed by atoms with Gasteiger partial charge in [-0.2, -0.15) is 13.2 Å². The number of aromatic nitrogens is 1. The van der Waals surface area contributed by atoms with Crippen LogP contribution in [0.2, 0.25) is 0 Å². The minimum absolute atomic E-state index is 0.0644. The highest BCUT2D eigenvalue weighted by Gasteiger charge is 2.35. The number of hydrogen-bond donors (Lipinski definition) is 1. The number of hydrogen-bond acceptors (Lipinski definition) is 4. The van der Waals surface area contributed by atoms with Gasteiger partial charge in [0.05, 0.1) is 11.1 Å². The molecule has 9 heteroatoms. The Bertz CT molecular complexity index is 630. The van der Waals surface area contributed by atoms with Crippen LogP contribution in [0.1, 0.15) is 28.8 Å². The highest BCUT2D eigenvalue weighted by atomic mass is 19.4. The fraction of sp³-hybridized carbons (Fsp3) is 0.385. The summed E-state index contributed by atoms with van der Waals surface area (Å²) in [5.74, 6) is -1.86. The molecule has 22 heavy (non-hydrogen) atoms. The number of pyridine rings is 1. The highest BCUT2D eigenvalue weighted by molar-refractivity contribution is 6.03. The van der Waals surface area contributed by atoms with Gasteiger partial charge in [-0.15, -0.1) is 0 Å². The molecule has 1 aromatic rings. The van der Waals surface area contributed by atoms with Crippen molar-refractivity contribution in [3.8, 4) is 0 Å². The zero-order valence-electron chi connectivity index (χ0n) is 11.5. The molecule has 3 amide bonds. The maximum absolute atomic E-state index is 12.6. The Morgan fingerprint density at radius 2 is 2.05 bits per heavy atom. The molecule has 0 saturated carbocycles. The lowest BCUT2D eigenvalue weighted by Gasteiger charge is -2.29. The number of amides is 3. The van der Waals surface area contributed by atoms with Crippen LogP contribution in [0.15, 0.2) is 18.5 Å². The van der Waals surface area contributed by atoms with E-state index in [0.717, 1.165) is 11.1 Å². The van der Waals surface area contributed by atoms with Gasteiger partial charge in [0.2, 0.25) is 11.8 Å². The number of alkyl halides is 3. The summed E-state index contributed by atoms with van der Waals surface area (Å²) in [6, 6.07) is -0.225. The van der Waals surface area contributed by atoms with Gasteiger partial charge >= 0.3 is 6.18 Å². The Morgan fingerprint density at radius 1 is 1.36 bits per heavy atom. The maximum Gasteiger partial charge on any atom is 0.417 e. The predicted molar refractivity (Wildman–Crippen MR) is 67.5 cm³/mol. The fourth-order valence-electron chi connectivity index (χ4n) is 2.11. The van der Waals surface area contributed by atoms with Gasteiger partial charge in [-0.3, -0.25) is 24.7 Å². The molecule has 0 bridgehead atoms. The number of piperidine rings is 1. The van der Waals surface area contributed by atoms with Crippen LogP contribution in [-0.2, 0) is 15.8 Å². The Morgan fingerprint density at radius 3 is 2.64 bits per heavy atom. The van der Waals surface area contributed by atoms with Crippen molar-refractivity contribution < 1.29 is 27.6 Å². The molecule has 2 rings (SSSR count). The van der Waals surface area contributed by atoms with Crippen molar-refractivity contribution in [1.82, 2.24) is 15.2 Å². The van der Waals surface area contributed by atoms with E-state index < -0.39 is 35.5 Å². The quantitative estimate of drug-likeness (QED) is 0.825. The van der Waals surface area contributed by atoms with E-state index in [1.54, 1.807) is 0 Å². The standard InChI is InChI=1S/C13H12F3N3O3/c1-19(9-2-3-10(20)18-11(9)21)12(22)7-4-8(6-17-5-7)13(14,15)16/h4-6,9H,2-3H2,1H3,(H,18,20,21). The van der Waals surface area contributed by atoms with Crippen molar-refractivity contribution in [3.63, 3.8) is 0 Å². The fourth-order valence-corrected chi connectivity index (χ4v) is 2.11. The van der Waals surface area contributed by atoms with Gasteiger partial charge in [-0.05, 0) is 12.5 Å². The van der Waals surface area contributed by atoms with Gasteiger partial charge < -0.3 is 4.90 Å². The molecule has 2 heterocycles. The number of nitrogens with one attached hydrogen (secondary N) is 1. The van der Waals surface area contributed by atoms with Gasteiger partial charge in [-0.1, -0.05) is 0 Å². The van der Waals surface area contributed by atoms with Crippen LogP contribution in [0.5, 0.6) is 0 Å². The van der Waals surface area contributed by atoms with Crippen molar-refractivity contribution in [1.29, 1.82) is 0 Å². The van der Waals surface area contributed by atoms with Crippen molar-refractivity contribution in [3.05, 3.63) is 29.6 Å². The van der Waals surface area contributed by atoms with Crippen molar-refractivity contribution in [2.75, 3.05) is 7.05 Å². The number of nitrogens with zero attached hydrogens (tertiary/aromatic N) is 2. The number of rotatable bonds is 2. The first-order valence-corrected chi connectivity index (χ1v) is 6.33. The lowest BCUT2D eigenvalue weighted by atomic mass is 10.0. The topological polar surface area (TPSA) is 79.4 Å². The number of halogens is 3. The second kappa shape index (κ2) is 5.74. The van der Waals surface area contributed by atoms with E-state index in [4.69, 9.17) is 0 Å². The first-order valence-electron chi connectivity index (χ1n) is 6.33. The van der Waals surface area contributed by atoms with E-state index in [1.165, 1.54) is 7.05 Å². The highest BCUT2D eigenvalue weighted by Crippen LogP contribution is 2.29. The molecule has 1 aromatic heterocycles. The number of carbonyl (C=O) groups excluding carboxylic acids is 3. The number of likely N-dealkylation sites (N-methyl/N-ethyl adjacent to an activating group) is 1. The molecule has 1 saturated heterocycles. The summed E-state index contributed by atoms with van der Waals surface area (Å²) in [4.78, 5) is 39.4. The molecule has 0 aliphatic carbocycles. The third kappa shape index (κ3) is 3.23. The predicted octanol–water partition coefficient (Wildman–Crippen LogP) is 0.978. The van der Waals surface area contributed by atoms with Crippen LogP contribution >= 0.6 is 0 Å². The summed E-state index contributed by atoms with van der Waals surface area (Å²) in [5, 5.41) is 2.08. The Labute approximate surface area is 123 Å². The molecule has 1 atom stereocenters. The van der Waals surface area contributed by atoms with Crippen LogP contribution in [0, 0.1) is 0 Å². The van der Waals surface area contributed by atoms with Crippen molar-refractivity contribution in [2.45, 2.75) is 25.1 Å². The summed E-state index contributed by atoms with van der Waals surface area (Å²) in [6.45, 7) is 0. The number of imide groups is 1. The molecule has 1 aliphatic rings. The van der Waals surface area contributed by atoms with E-state index in [0.29, 0.717) is 12.3 Å². The summed E-state index contributed by atoms with van der Waals surface area (Å²) in [6.07, 6.45) is -2.81. The summed E-state index contributed by atoms with van der Waals surface area (Å²) in [5.41, 5.74) is -1.32. The van der Waals surface area contributed by atoms with Crippen molar-refractivity contribution >= 4 is 17.7 Å². The van der Waals surface area contributed by atoms with E-state index >= 15 is 0 Å². The third-order valence-corrected chi connectivity index (χ3v) is 3.31. The summed E-state index contributed by atoms with van der Waals surface area (Å²) in [7, 11) is 1.29. The van der Waals surface area contributed by atoms with Gasteiger partial charge in [0.1, 0.15) is 6.04 Å². The molecular formula is C13H12F3N3O3. The summed E-state index contributed by atoms with van der Waals surface area (Å²) < 4.78 is 37.9. The average molecular weight is 315 g/mol. The monoisotopic (exact) mass is 315 g/mol. The summed E-state index contributed by atoms with van der Waals surface area (Å²) >= 11 is 0. The van der Waals surface area contributed by atoms with Gasteiger partial charge in [-0.25, -0.2) is 0 Å². The smallest absolute Gasteiger partial charge is 0.330 e. The molecule has 0 radical (unpaired) electrons. The van der Waals surface area contributed by atoms with Crippen molar-refractivity contribution in [2.24, 2.45) is 0 Å². The van der Waals surface area contributed by atoms with E-state index in [1.807, 2.05) is 0 Å². The SMILES string of the molecule is CN(C(=O)c1cncc(C(F)(F)F)c1)C1CCC(=O)NC1=O. The van der Waals surface area contributed by atoms with E-state index in [9.17, 15) is 27.6 Å². The second-order valence-electron chi connectivity index (χ2n) is 4.84. The molecule has 6 nitrogen and oxygen atoms in total. The molecule has 1 N–H and O–H groups in total. The minimum Gasteiger partial charge on any atom is -0.330 e. The van der Waals surface area contributed by atoms with Crippen LogP contribution < -0.4 is 5.32 Å². The van der Waals surface area contributed by atoms with Gasteiger partial charge in [0.15, 0.2) is 0 Å². The molecule has 0 spiro atoms. The zero-order chi connectivity index (χ0) is 16.5. The normalized spacial score (nSPS) is 18.8. The van der Waals surface area contributed by atoms with E-state index in [2.05, 4.69) is 10.3 Å². The zero-order valence-corrected chi connectivity index (χ0v) is 11.5. The average Bonchev–Trinajstić information content (AvgIpc) is 2.45. The Kier molecular flexibility index (Phi) is 4.16. The van der Waals surface area contributed by atoms with Crippen LogP contribution in [0.4, 0.5) is 13.2 Å². The molecule has 1 fully saturated rings. The second-order valence-corrected chi connectivity index (χ2v) is 4.84. The van der Waals surface area contributed by atoms with Crippen LogP contribution in [0.25, 0.3) is 0 Å². The lowest BCUT2D eigenvalue weighted by molar-refractivity contribution is -0.138. The van der Waals surface area contributed by atoms with E-state index in [-0.39, 0.29) is 18.4 Å². The first kappa shape index (κ1) is 15.9. The molecule has 1 unspecified atom stereocenters. The Balaban J connectivity index is 2.21. The lowest BCUT2D eigenvalue weighted by Crippen LogP contribution is -2.52.